The Morgan fingerprint density at radius 3 is 2.94 bits per heavy atom. The molecule has 1 aromatic carbocycles. The van der Waals surface area contributed by atoms with Crippen LogP contribution in [0.1, 0.15) is 0 Å². The smallest absolute Gasteiger partial charge is 0.323 e. The van der Waals surface area contributed by atoms with Gasteiger partial charge in [-0.1, -0.05) is 6.07 Å². The molecule has 0 radical (unpaired) electrons. The Labute approximate surface area is 98.4 Å². The molecular weight excluding hydrogens is 229 g/mol. The van der Waals surface area contributed by atoms with Crippen molar-refractivity contribution in [3.8, 4) is 0 Å². The highest BCUT2D eigenvalue weighted by Gasteiger charge is 2.16. The molecule has 16 heavy (non-hydrogen) atoms. The second kappa shape index (κ2) is 6.50. The number of hydrogen-bond acceptors (Lipinski definition) is 4. The van der Waals surface area contributed by atoms with E-state index >= 15 is 0 Å². The Bertz CT molecular complexity index is 360. The molecule has 1 atom stereocenters. The second-order valence-corrected chi connectivity index (χ2v) is 4.23. The number of carbonyl (C=O) groups excluding carboxylic acids is 1. The summed E-state index contributed by atoms with van der Waals surface area (Å²) in [6.45, 7) is 0. The quantitative estimate of drug-likeness (QED) is 0.631. The average molecular weight is 243 g/mol. The zero-order valence-corrected chi connectivity index (χ0v) is 10.0. The van der Waals surface area contributed by atoms with Crippen LogP contribution in [-0.4, -0.2) is 31.9 Å². The minimum Gasteiger partial charge on any atom is -0.468 e. The van der Waals surface area contributed by atoms with E-state index in [1.165, 1.54) is 31.0 Å². The molecule has 0 aliphatic carbocycles. The van der Waals surface area contributed by atoms with Crippen LogP contribution in [-0.2, 0) is 9.53 Å². The third-order valence-electron chi connectivity index (χ3n) is 2.05. The van der Waals surface area contributed by atoms with Gasteiger partial charge < -0.3 is 10.1 Å². The molecule has 88 valence electrons. The summed E-state index contributed by atoms with van der Waals surface area (Å²) >= 11 is 1.41. The number of carbonyl (C=O) groups is 1. The van der Waals surface area contributed by atoms with Crippen LogP contribution in [0.5, 0.6) is 0 Å². The first-order valence-corrected chi connectivity index (χ1v) is 5.79. The largest absolute Gasteiger partial charge is 0.468 e. The first-order valence-electron chi connectivity index (χ1n) is 4.81. The molecule has 0 spiro atoms. The van der Waals surface area contributed by atoms with E-state index < -0.39 is 0 Å². The zero-order chi connectivity index (χ0) is 12.0. The van der Waals surface area contributed by atoms with E-state index in [0.717, 1.165) is 4.90 Å². The summed E-state index contributed by atoms with van der Waals surface area (Å²) in [5.74, 6) is -0.0809. The fourth-order valence-corrected chi connectivity index (χ4v) is 2.18. The second-order valence-electron chi connectivity index (χ2n) is 3.13. The Morgan fingerprint density at radius 1 is 1.62 bits per heavy atom. The number of likely N-dealkylation sites (N-methyl/N-ethyl adjacent to an activating group) is 1. The van der Waals surface area contributed by atoms with E-state index in [9.17, 15) is 9.18 Å². The van der Waals surface area contributed by atoms with Crippen LogP contribution in [0.3, 0.4) is 0 Å². The molecular formula is C11H14FNO2S. The van der Waals surface area contributed by atoms with Gasteiger partial charge in [0.15, 0.2) is 0 Å². The lowest BCUT2D eigenvalue weighted by atomic mass is 10.3. The number of ether oxygens (including phenoxy) is 1. The van der Waals surface area contributed by atoms with Crippen molar-refractivity contribution in [1.82, 2.24) is 5.32 Å². The first kappa shape index (κ1) is 13.0. The molecule has 0 aromatic heterocycles. The van der Waals surface area contributed by atoms with Gasteiger partial charge in [0.2, 0.25) is 0 Å². The monoisotopic (exact) mass is 243 g/mol. The van der Waals surface area contributed by atoms with E-state index in [1.54, 1.807) is 19.2 Å². The topological polar surface area (TPSA) is 38.3 Å². The van der Waals surface area contributed by atoms with Crippen molar-refractivity contribution < 1.29 is 13.9 Å². The minimum atomic E-state index is -0.377. The van der Waals surface area contributed by atoms with Crippen LogP contribution >= 0.6 is 11.8 Å². The lowest BCUT2D eigenvalue weighted by Crippen LogP contribution is -2.37. The van der Waals surface area contributed by atoms with Crippen LogP contribution in [0.15, 0.2) is 29.2 Å². The van der Waals surface area contributed by atoms with Crippen LogP contribution in [0, 0.1) is 5.82 Å². The molecule has 0 saturated carbocycles. The number of halogens is 1. The highest BCUT2D eigenvalue weighted by molar-refractivity contribution is 7.99. The van der Waals surface area contributed by atoms with Gasteiger partial charge >= 0.3 is 5.97 Å². The fraction of sp³-hybridized carbons (Fsp3) is 0.364. The van der Waals surface area contributed by atoms with Crippen molar-refractivity contribution in [2.75, 3.05) is 19.9 Å². The van der Waals surface area contributed by atoms with Crippen LogP contribution < -0.4 is 5.32 Å². The summed E-state index contributed by atoms with van der Waals surface area (Å²) in [6, 6.07) is 5.90. The van der Waals surface area contributed by atoms with E-state index in [2.05, 4.69) is 10.1 Å². The maximum absolute atomic E-state index is 12.9. The Morgan fingerprint density at radius 2 is 2.38 bits per heavy atom. The molecule has 0 heterocycles. The SMILES string of the molecule is CNC(CSc1cccc(F)c1)C(=O)OC. The molecule has 0 bridgehead atoms. The lowest BCUT2D eigenvalue weighted by Gasteiger charge is -2.12. The normalized spacial score (nSPS) is 12.2. The molecule has 1 aromatic rings. The van der Waals surface area contributed by atoms with Crippen molar-refractivity contribution in [3.05, 3.63) is 30.1 Å². The van der Waals surface area contributed by atoms with Gasteiger partial charge in [-0.25, -0.2) is 4.39 Å². The standard InChI is InChI=1S/C11H14FNO2S/c1-13-10(11(14)15-2)7-16-9-5-3-4-8(12)6-9/h3-6,10,13H,7H2,1-2H3. The van der Waals surface area contributed by atoms with E-state index in [4.69, 9.17) is 0 Å². The lowest BCUT2D eigenvalue weighted by molar-refractivity contribution is -0.142. The summed E-state index contributed by atoms with van der Waals surface area (Å²) < 4.78 is 17.5. The highest BCUT2D eigenvalue weighted by Crippen LogP contribution is 2.19. The third-order valence-corrected chi connectivity index (χ3v) is 3.13. The maximum Gasteiger partial charge on any atom is 0.323 e. The third kappa shape index (κ3) is 3.83. The van der Waals surface area contributed by atoms with Crippen molar-refractivity contribution >= 4 is 17.7 Å². The fourth-order valence-electron chi connectivity index (χ4n) is 1.15. The summed E-state index contributed by atoms with van der Waals surface area (Å²) in [5.41, 5.74) is 0. The Kier molecular flexibility index (Phi) is 5.28. The van der Waals surface area contributed by atoms with Gasteiger partial charge in [-0.05, 0) is 25.2 Å². The Balaban J connectivity index is 2.52. The first-order chi connectivity index (χ1) is 7.67. The van der Waals surface area contributed by atoms with Gasteiger partial charge in [0.1, 0.15) is 11.9 Å². The summed E-state index contributed by atoms with van der Waals surface area (Å²) in [5, 5.41) is 2.85. The number of thioether (sulfide) groups is 1. The van der Waals surface area contributed by atoms with Gasteiger partial charge in [0.05, 0.1) is 7.11 Å². The predicted octanol–water partition coefficient (Wildman–Crippen LogP) is 1.68. The van der Waals surface area contributed by atoms with Gasteiger partial charge in [-0.15, -0.1) is 11.8 Å². The molecule has 0 saturated heterocycles. The number of methoxy groups -OCH3 is 1. The molecule has 1 rings (SSSR count). The molecule has 1 unspecified atom stereocenters. The van der Waals surface area contributed by atoms with Crippen molar-refractivity contribution in [3.63, 3.8) is 0 Å². The molecule has 1 N–H and O–H groups in total. The highest BCUT2D eigenvalue weighted by atomic mass is 32.2. The molecule has 0 aliphatic rings. The predicted molar refractivity (Wildman–Crippen MR) is 62.0 cm³/mol. The Hall–Kier alpha value is -1.07. The minimum absolute atomic E-state index is 0.274. The van der Waals surface area contributed by atoms with Gasteiger partial charge in [-0.3, -0.25) is 4.79 Å². The van der Waals surface area contributed by atoms with Gasteiger partial charge in [0, 0.05) is 10.6 Å². The number of rotatable bonds is 5. The van der Waals surface area contributed by atoms with Gasteiger partial charge in [-0.2, -0.15) is 0 Å². The van der Waals surface area contributed by atoms with E-state index in [-0.39, 0.29) is 17.8 Å². The van der Waals surface area contributed by atoms with Crippen LogP contribution in [0.2, 0.25) is 0 Å². The summed E-state index contributed by atoms with van der Waals surface area (Å²) in [7, 11) is 3.03. The van der Waals surface area contributed by atoms with Crippen molar-refractivity contribution in [2.24, 2.45) is 0 Å². The molecule has 0 aliphatic heterocycles. The maximum atomic E-state index is 12.9. The number of hydrogen-bond donors (Lipinski definition) is 1. The number of benzene rings is 1. The van der Waals surface area contributed by atoms with E-state index in [0.29, 0.717) is 5.75 Å². The zero-order valence-electron chi connectivity index (χ0n) is 9.20. The van der Waals surface area contributed by atoms with Gasteiger partial charge in [0.25, 0.3) is 0 Å². The average Bonchev–Trinajstić information content (AvgIpc) is 2.29. The molecule has 5 heteroatoms. The molecule has 3 nitrogen and oxygen atoms in total. The van der Waals surface area contributed by atoms with Crippen molar-refractivity contribution in [1.29, 1.82) is 0 Å². The van der Waals surface area contributed by atoms with Crippen molar-refractivity contribution in [2.45, 2.75) is 10.9 Å². The van der Waals surface area contributed by atoms with Crippen LogP contribution in [0.4, 0.5) is 4.39 Å². The molecule has 0 amide bonds. The molecule has 0 fully saturated rings. The van der Waals surface area contributed by atoms with E-state index in [1.807, 2.05) is 0 Å². The number of nitrogens with one attached hydrogen (secondary N) is 1. The van der Waals surface area contributed by atoms with Crippen LogP contribution in [0.25, 0.3) is 0 Å². The summed E-state index contributed by atoms with van der Waals surface area (Å²) in [4.78, 5) is 12.1. The summed E-state index contributed by atoms with van der Waals surface area (Å²) in [6.07, 6.45) is 0. The number of esters is 1.